The van der Waals surface area contributed by atoms with Crippen molar-refractivity contribution in [2.24, 2.45) is 5.84 Å². The summed E-state index contributed by atoms with van der Waals surface area (Å²) < 4.78 is -0.124. The molecule has 0 aromatic heterocycles. The van der Waals surface area contributed by atoms with Crippen LogP contribution in [0.25, 0.3) is 0 Å². The quantitative estimate of drug-likeness (QED) is 0.324. The summed E-state index contributed by atoms with van der Waals surface area (Å²) in [5.74, 6) is 7.93. The van der Waals surface area contributed by atoms with E-state index in [1.54, 1.807) is 23.5 Å². The molecule has 5 heteroatoms. The average Bonchev–Trinajstić information content (AvgIpc) is 2.52. The van der Waals surface area contributed by atoms with Gasteiger partial charge in [-0.1, -0.05) is 50.8 Å². The van der Waals surface area contributed by atoms with Crippen LogP contribution in [0.2, 0.25) is 0 Å². The van der Waals surface area contributed by atoms with Gasteiger partial charge in [0.15, 0.2) is 0 Å². The van der Waals surface area contributed by atoms with E-state index in [1.165, 1.54) is 5.01 Å². The molecule has 3 nitrogen and oxygen atoms in total. The van der Waals surface area contributed by atoms with E-state index in [0.717, 1.165) is 17.1 Å². The van der Waals surface area contributed by atoms with Gasteiger partial charge in [0.1, 0.15) is 4.58 Å². The molecule has 0 bridgehead atoms. The van der Waals surface area contributed by atoms with Crippen molar-refractivity contribution in [2.75, 3.05) is 11.5 Å². The van der Waals surface area contributed by atoms with Gasteiger partial charge in [-0.15, -0.1) is 23.5 Å². The highest BCUT2D eigenvalue weighted by Crippen LogP contribution is 2.29. The van der Waals surface area contributed by atoms with E-state index in [2.05, 4.69) is 20.4 Å². The Bertz CT molecular complexity index is 459. The van der Waals surface area contributed by atoms with Crippen LogP contribution < -0.4 is 5.84 Å². The van der Waals surface area contributed by atoms with Crippen LogP contribution in [0.1, 0.15) is 32.4 Å². The standard InChI is InChI=1S/C16H24N2OS2/c1-5-20-16(21-6-2)15(19)13(4)18(17)12(3)14-10-8-7-9-11-14/h7-12,16H,4-6,17H2,1-3H3/t12-/m1/s1. The number of rotatable bonds is 9. The molecule has 0 unspecified atom stereocenters. The summed E-state index contributed by atoms with van der Waals surface area (Å²) in [5.41, 5.74) is 1.44. The molecule has 1 aromatic rings. The topological polar surface area (TPSA) is 46.3 Å². The molecule has 0 amide bonds. The molecule has 0 radical (unpaired) electrons. The Morgan fingerprint density at radius 1 is 1.24 bits per heavy atom. The zero-order valence-electron chi connectivity index (χ0n) is 12.9. The number of Topliss-reactive ketones (excluding diaryl/α,β-unsaturated/α-hetero) is 1. The summed E-state index contributed by atoms with van der Waals surface area (Å²) in [6.45, 7) is 9.99. The summed E-state index contributed by atoms with van der Waals surface area (Å²) in [4.78, 5) is 12.5. The average molecular weight is 325 g/mol. The van der Waals surface area contributed by atoms with Crippen LogP contribution in [0.15, 0.2) is 42.6 Å². The van der Waals surface area contributed by atoms with E-state index in [-0.39, 0.29) is 16.4 Å². The van der Waals surface area contributed by atoms with Crippen molar-refractivity contribution in [3.05, 3.63) is 48.2 Å². The van der Waals surface area contributed by atoms with Crippen LogP contribution in [0.5, 0.6) is 0 Å². The number of carbonyl (C=O) groups is 1. The third-order valence-corrected chi connectivity index (χ3v) is 5.66. The number of nitrogens with two attached hydrogens (primary N) is 1. The Hall–Kier alpha value is -0.910. The lowest BCUT2D eigenvalue weighted by Crippen LogP contribution is -2.38. The molecule has 0 aliphatic heterocycles. The van der Waals surface area contributed by atoms with Crippen molar-refractivity contribution >= 4 is 29.3 Å². The Morgan fingerprint density at radius 2 is 1.76 bits per heavy atom. The van der Waals surface area contributed by atoms with Crippen molar-refractivity contribution in [3.8, 4) is 0 Å². The molecule has 21 heavy (non-hydrogen) atoms. The first-order chi connectivity index (χ1) is 10.0. The van der Waals surface area contributed by atoms with Gasteiger partial charge in [0.05, 0.1) is 11.7 Å². The van der Waals surface area contributed by atoms with Crippen LogP contribution in [0, 0.1) is 0 Å². The van der Waals surface area contributed by atoms with Crippen molar-refractivity contribution < 1.29 is 4.79 Å². The molecule has 0 saturated heterocycles. The van der Waals surface area contributed by atoms with E-state index in [0.29, 0.717) is 5.70 Å². The van der Waals surface area contributed by atoms with Crippen molar-refractivity contribution in [3.63, 3.8) is 0 Å². The molecule has 0 saturated carbocycles. The first kappa shape index (κ1) is 18.1. The molecule has 0 aliphatic rings. The minimum absolute atomic E-state index is 0.0129. The molecule has 0 aliphatic carbocycles. The lowest BCUT2D eigenvalue weighted by Gasteiger charge is -2.29. The fraction of sp³-hybridized carbons (Fsp3) is 0.438. The lowest BCUT2D eigenvalue weighted by atomic mass is 10.1. The van der Waals surface area contributed by atoms with Gasteiger partial charge in [-0.3, -0.25) is 4.79 Å². The maximum absolute atomic E-state index is 12.5. The molecular weight excluding hydrogens is 300 g/mol. The Balaban J connectivity index is 2.78. The molecule has 1 atom stereocenters. The SMILES string of the molecule is C=C(C(=O)C(SCC)SCC)N(N)[C@H](C)c1ccccc1. The molecule has 1 aromatic carbocycles. The summed E-state index contributed by atoms with van der Waals surface area (Å²) in [5, 5.41) is 1.48. The van der Waals surface area contributed by atoms with E-state index in [4.69, 9.17) is 5.84 Å². The van der Waals surface area contributed by atoms with Crippen molar-refractivity contribution in [1.29, 1.82) is 0 Å². The van der Waals surface area contributed by atoms with E-state index >= 15 is 0 Å². The highest BCUT2D eigenvalue weighted by atomic mass is 32.2. The van der Waals surface area contributed by atoms with E-state index in [9.17, 15) is 4.79 Å². The second-order valence-corrected chi connectivity index (χ2v) is 7.61. The van der Waals surface area contributed by atoms with Gasteiger partial charge in [0.25, 0.3) is 0 Å². The highest BCUT2D eigenvalue weighted by molar-refractivity contribution is 8.18. The number of benzene rings is 1. The number of allylic oxidation sites excluding steroid dienone is 1. The Morgan fingerprint density at radius 3 is 2.24 bits per heavy atom. The number of thioether (sulfide) groups is 2. The van der Waals surface area contributed by atoms with Crippen LogP contribution in [0.4, 0.5) is 0 Å². The maximum Gasteiger partial charge on any atom is 0.202 e. The fourth-order valence-corrected chi connectivity index (χ4v) is 4.27. The third-order valence-electron chi connectivity index (χ3n) is 3.15. The third kappa shape index (κ3) is 5.09. The summed E-state index contributed by atoms with van der Waals surface area (Å²) in [6.07, 6.45) is 0. The molecule has 2 N–H and O–H groups in total. The Kier molecular flexibility index (Phi) is 7.93. The molecular formula is C16H24N2OS2. The molecule has 116 valence electrons. The fourth-order valence-electron chi connectivity index (χ4n) is 1.89. The zero-order valence-corrected chi connectivity index (χ0v) is 14.5. The molecule has 0 heterocycles. The molecule has 1 rings (SSSR count). The number of carbonyl (C=O) groups excluding carboxylic acids is 1. The van der Waals surface area contributed by atoms with Crippen molar-refractivity contribution in [2.45, 2.75) is 31.4 Å². The van der Waals surface area contributed by atoms with E-state index in [1.807, 2.05) is 37.3 Å². The normalized spacial score (nSPS) is 12.2. The van der Waals surface area contributed by atoms with Crippen molar-refractivity contribution in [1.82, 2.24) is 5.01 Å². The second kappa shape index (κ2) is 9.18. The number of hydrogen-bond donors (Lipinski definition) is 1. The predicted molar refractivity (Wildman–Crippen MR) is 95.1 cm³/mol. The monoisotopic (exact) mass is 324 g/mol. The van der Waals surface area contributed by atoms with Crippen LogP contribution >= 0.6 is 23.5 Å². The maximum atomic E-state index is 12.5. The lowest BCUT2D eigenvalue weighted by molar-refractivity contribution is -0.115. The van der Waals surface area contributed by atoms with Gasteiger partial charge in [-0.05, 0) is 24.0 Å². The second-order valence-electron chi connectivity index (χ2n) is 4.55. The number of ketones is 1. The minimum atomic E-state index is -0.124. The van der Waals surface area contributed by atoms with Crippen LogP contribution in [-0.2, 0) is 4.79 Å². The summed E-state index contributed by atoms with van der Waals surface area (Å²) in [7, 11) is 0. The summed E-state index contributed by atoms with van der Waals surface area (Å²) in [6, 6.07) is 9.81. The van der Waals surface area contributed by atoms with Gasteiger partial charge in [-0.25, -0.2) is 5.84 Å². The number of hydrogen-bond acceptors (Lipinski definition) is 5. The van der Waals surface area contributed by atoms with Gasteiger partial charge >= 0.3 is 0 Å². The number of hydrazine groups is 1. The van der Waals surface area contributed by atoms with Crippen LogP contribution in [-0.4, -0.2) is 26.9 Å². The predicted octanol–water partition coefficient (Wildman–Crippen LogP) is 3.84. The smallest absolute Gasteiger partial charge is 0.202 e. The van der Waals surface area contributed by atoms with Gasteiger partial charge in [0, 0.05) is 0 Å². The minimum Gasteiger partial charge on any atom is -0.301 e. The van der Waals surface area contributed by atoms with Gasteiger partial charge in [-0.2, -0.15) is 0 Å². The summed E-state index contributed by atoms with van der Waals surface area (Å²) >= 11 is 3.27. The Labute approximate surface area is 136 Å². The number of nitrogens with zero attached hydrogens (tertiary/aromatic N) is 1. The highest BCUT2D eigenvalue weighted by Gasteiger charge is 2.26. The van der Waals surface area contributed by atoms with Crippen LogP contribution in [0.3, 0.4) is 0 Å². The molecule has 0 spiro atoms. The van der Waals surface area contributed by atoms with Gasteiger partial charge < -0.3 is 5.01 Å². The zero-order chi connectivity index (χ0) is 15.8. The first-order valence-corrected chi connectivity index (χ1v) is 9.17. The van der Waals surface area contributed by atoms with Gasteiger partial charge in [0.2, 0.25) is 5.78 Å². The van der Waals surface area contributed by atoms with E-state index < -0.39 is 0 Å². The first-order valence-electron chi connectivity index (χ1n) is 7.08. The molecule has 0 fully saturated rings. The largest absolute Gasteiger partial charge is 0.301 e.